The van der Waals surface area contributed by atoms with Gasteiger partial charge < -0.3 is 8.98 Å². The van der Waals surface area contributed by atoms with E-state index in [1.165, 1.54) is 25.7 Å². The Kier molecular flexibility index (Phi) is 3.15. The second-order valence-corrected chi connectivity index (χ2v) is 5.81. The maximum absolute atomic E-state index is 5.99. The summed E-state index contributed by atoms with van der Waals surface area (Å²) < 4.78 is 7.75. The minimum atomic E-state index is 0.279. The first kappa shape index (κ1) is 12.8. The Hall–Kier alpha value is -1.88. The number of fused-ring (bicyclic) bond motifs is 1. The van der Waals surface area contributed by atoms with Gasteiger partial charge in [-0.3, -0.25) is 0 Å². The largest absolute Gasteiger partial charge is 0.442 e. The monoisotopic (exact) mass is 302 g/mol. The molecule has 108 valence electrons. The lowest BCUT2D eigenvalue weighted by Gasteiger charge is -2.25. The molecule has 0 bridgehead atoms. The molecule has 1 saturated carbocycles. The van der Waals surface area contributed by atoms with Crippen molar-refractivity contribution in [2.24, 2.45) is 0 Å². The van der Waals surface area contributed by atoms with Crippen LogP contribution in [0.2, 0.25) is 5.28 Å². The number of halogens is 1. The zero-order chi connectivity index (χ0) is 14.2. The van der Waals surface area contributed by atoms with Gasteiger partial charge in [0.05, 0.1) is 11.9 Å². The molecule has 3 aromatic heterocycles. The molecule has 21 heavy (non-hydrogen) atoms. The van der Waals surface area contributed by atoms with E-state index in [2.05, 4.69) is 25.6 Å². The van der Waals surface area contributed by atoms with Gasteiger partial charge >= 0.3 is 0 Å². The number of nitrogens with zero attached hydrogens (tertiary/aromatic N) is 4. The highest BCUT2D eigenvalue weighted by Gasteiger charge is 2.23. The molecule has 6 heteroatoms. The van der Waals surface area contributed by atoms with E-state index in [1.807, 2.05) is 0 Å². The molecule has 3 heterocycles. The summed E-state index contributed by atoms with van der Waals surface area (Å²) in [7, 11) is 0. The van der Waals surface area contributed by atoms with Gasteiger partial charge in [0.15, 0.2) is 12.2 Å². The van der Waals surface area contributed by atoms with Crippen LogP contribution in [0.25, 0.3) is 22.5 Å². The first-order chi connectivity index (χ1) is 10.3. The Morgan fingerprint density at radius 2 is 2.05 bits per heavy atom. The fourth-order valence-electron chi connectivity index (χ4n) is 3.23. The van der Waals surface area contributed by atoms with Crippen molar-refractivity contribution < 1.29 is 4.42 Å². The van der Waals surface area contributed by atoms with E-state index in [-0.39, 0.29) is 5.28 Å². The van der Waals surface area contributed by atoms with Crippen molar-refractivity contribution in [1.82, 2.24) is 19.5 Å². The van der Waals surface area contributed by atoms with Crippen molar-refractivity contribution in [1.29, 1.82) is 0 Å². The van der Waals surface area contributed by atoms with Crippen molar-refractivity contribution >= 4 is 22.6 Å². The van der Waals surface area contributed by atoms with E-state index in [1.54, 1.807) is 12.4 Å². The van der Waals surface area contributed by atoms with Crippen LogP contribution in [0.15, 0.2) is 29.3 Å². The summed E-state index contributed by atoms with van der Waals surface area (Å²) in [6, 6.07) is 2.49. The Labute approximate surface area is 127 Å². The summed E-state index contributed by atoms with van der Waals surface area (Å²) >= 11 is 5.99. The number of rotatable bonds is 2. The third-order valence-electron chi connectivity index (χ3n) is 4.17. The Morgan fingerprint density at radius 3 is 2.81 bits per heavy atom. The van der Waals surface area contributed by atoms with E-state index in [9.17, 15) is 0 Å². The van der Waals surface area contributed by atoms with Gasteiger partial charge in [-0.1, -0.05) is 19.3 Å². The zero-order valence-electron chi connectivity index (χ0n) is 11.5. The van der Waals surface area contributed by atoms with Crippen LogP contribution < -0.4 is 0 Å². The third kappa shape index (κ3) is 2.21. The molecule has 1 aliphatic carbocycles. The lowest BCUT2D eigenvalue weighted by molar-refractivity contribution is 0.360. The molecule has 1 fully saturated rings. The summed E-state index contributed by atoms with van der Waals surface area (Å²) in [6.45, 7) is 0. The molecule has 0 aliphatic heterocycles. The SMILES string of the molecule is Clc1ncc2cc(-c3cnco3)n(C3CCCCC3)c2n1. The summed E-state index contributed by atoms with van der Waals surface area (Å²) in [5, 5.41) is 1.26. The molecule has 0 amide bonds. The molecule has 0 N–H and O–H groups in total. The quantitative estimate of drug-likeness (QED) is 0.664. The van der Waals surface area contributed by atoms with Crippen LogP contribution in [0.3, 0.4) is 0 Å². The first-order valence-corrected chi connectivity index (χ1v) is 7.63. The van der Waals surface area contributed by atoms with Gasteiger partial charge in [-0.05, 0) is 30.5 Å². The Bertz CT molecular complexity index is 759. The molecule has 0 saturated heterocycles. The highest BCUT2D eigenvalue weighted by Crippen LogP contribution is 2.36. The van der Waals surface area contributed by atoms with Gasteiger partial charge in [-0.2, -0.15) is 4.98 Å². The second kappa shape index (κ2) is 5.15. The molecule has 0 spiro atoms. The number of aromatic nitrogens is 4. The molecule has 1 aliphatic rings. The van der Waals surface area contributed by atoms with Crippen LogP contribution in [0.1, 0.15) is 38.1 Å². The second-order valence-electron chi connectivity index (χ2n) is 5.48. The Balaban J connectivity index is 1.94. The van der Waals surface area contributed by atoms with Gasteiger partial charge in [-0.15, -0.1) is 0 Å². The first-order valence-electron chi connectivity index (χ1n) is 7.25. The minimum Gasteiger partial charge on any atom is -0.442 e. The van der Waals surface area contributed by atoms with Gasteiger partial charge in [0, 0.05) is 17.6 Å². The number of hydrogen-bond acceptors (Lipinski definition) is 4. The average Bonchev–Trinajstić information content (AvgIpc) is 3.14. The summed E-state index contributed by atoms with van der Waals surface area (Å²) in [5.74, 6) is 0.759. The summed E-state index contributed by atoms with van der Waals surface area (Å²) in [6.07, 6.45) is 11.1. The van der Waals surface area contributed by atoms with E-state index in [0.29, 0.717) is 6.04 Å². The zero-order valence-corrected chi connectivity index (χ0v) is 12.3. The fraction of sp³-hybridized carbons (Fsp3) is 0.400. The summed E-state index contributed by atoms with van der Waals surface area (Å²) in [5.41, 5.74) is 1.89. The van der Waals surface area contributed by atoms with Crippen molar-refractivity contribution in [3.8, 4) is 11.5 Å². The molecular formula is C15H15ClN4O. The van der Waals surface area contributed by atoms with E-state index in [4.69, 9.17) is 16.0 Å². The molecule has 0 unspecified atom stereocenters. The molecular weight excluding hydrogens is 288 g/mol. The predicted molar refractivity (Wildman–Crippen MR) is 80.2 cm³/mol. The topological polar surface area (TPSA) is 56.7 Å². The lowest BCUT2D eigenvalue weighted by atomic mass is 9.95. The van der Waals surface area contributed by atoms with Crippen molar-refractivity contribution in [2.45, 2.75) is 38.1 Å². The van der Waals surface area contributed by atoms with Crippen LogP contribution in [0.5, 0.6) is 0 Å². The smallest absolute Gasteiger partial charge is 0.224 e. The van der Waals surface area contributed by atoms with Crippen molar-refractivity contribution in [3.63, 3.8) is 0 Å². The van der Waals surface area contributed by atoms with Crippen LogP contribution >= 0.6 is 11.6 Å². The minimum absolute atomic E-state index is 0.279. The molecule has 5 nitrogen and oxygen atoms in total. The van der Waals surface area contributed by atoms with Crippen LogP contribution in [-0.2, 0) is 0 Å². The molecule has 0 radical (unpaired) electrons. The average molecular weight is 303 g/mol. The van der Waals surface area contributed by atoms with Crippen molar-refractivity contribution in [2.75, 3.05) is 0 Å². The number of oxazole rings is 1. The number of hydrogen-bond donors (Lipinski definition) is 0. The standard InChI is InChI=1S/C15H15ClN4O/c16-15-18-7-10-6-12(13-8-17-9-21-13)20(14(10)19-15)11-4-2-1-3-5-11/h6-9,11H,1-5H2. The van der Waals surface area contributed by atoms with Crippen LogP contribution in [-0.4, -0.2) is 19.5 Å². The van der Waals surface area contributed by atoms with E-state index in [0.717, 1.165) is 35.3 Å². The maximum atomic E-state index is 5.99. The Morgan fingerprint density at radius 1 is 1.19 bits per heavy atom. The van der Waals surface area contributed by atoms with Gasteiger partial charge in [-0.25, -0.2) is 9.97 Å². The highest BCUT2D eigenvalue weighted by atomic mass is 35.5. The molecule has 0 atom stereocenters. The van der Waals surface area contributed by atoms with Gasteiger partial charge in [0.2, 0.25) is 5.28 Å². The van der Waals surface area contributed by atoms with E-state index >= 15 is 0 Å². The third-order valence-corrected chi connectivity index (χ3v) is 4.35. The molecule has 3 aromatic rings. The fourth-order valence-corrected chi connectivity index (χ4v) is 3.36. The van der Waals surface area contributed by atoms with Crippen molar-refractivity contribution in [3.05, 3.63) is 30.1 Å². The van der Waals surface area contributed by atoms with E-state index < -0.39 is 0 Å². The summed E-state index contributed by atoms with van der Waals surface area (Å²) in [4.78, 5) is 12.5. The van der Waals surface area contributed by atoms with Gasteiger partial charge in [0.1, 0.15) is 5.65 Å². The van der Waals surface area contributed by atoms with Crippen LogP contribution in [0.4, 0.5) is 0 Å². The molecule has 4 rings (SSSR count). The molecule has 0 aromatic carbocycles. The lowest BCUT2D eigenvalue weighted by Crippen LogP contribution is -2.14. The van der Waals surface area contributed by atoms with Gasteiger partial charge in [0.25, 0.3) is 0 Å². The van der Waals surface area contributed by atoms with Crippen LogP contribution in [0, 0.1) is 0 Å². The normalized spacial score (nSPS) is 16.6. The maximum Gasteiger partial charge on any atom is 0.224 e. The predicted octanol–water partition coefficient (Wildman–Crippen LogP) is 4.24. The highest BCUT2D eigenvalue weighted by molar-refractivity contribution is 6.28.